The fourth-order valence-electron chi connectivity index (χ4n) is 4.21. The number of aliphatic hydroxyl groups is 1. The van der Waals surface area contributed by atoms with Crippen molar-refractivity contribution in [1.82, 2.24) is 9.47 Å². The van der Waals surface area contributed by atoms with Crippen LogP contribution in [0.15, 0.2) is 48.5 Å². The van der Waals surface area contributed by atoms with Gasteiger partial charge in [-0.05, 0) is 37.5 Å². The summed E-state index contributed by atoms with van der Waals surface area (Å²) in [5, 5.41) is 12.3. The van der Waals surface area contributed by atoms with E-state index in [0.717, 1.165) is 19.6 Å². The first kappa shape index (κ1) is 17.3. The van der Waals surface area contributed by atoms with Crippen LogP contribution in [0.5, 0.6) is 0 Å². The zero-order valence-corrected chi connectivity index (χ0v) is 15.4. The number of benzene rings is 2. The van der Waals surface area contributed by atoms with Gasteiger partial charge in [0.05, 0.1) is 5.60 Å². The summed E-state index contributed by atoms with van der Waals surface area (Å²) in [7, 11) is 2.11. The van der Waals surface area contributed by atoms with Crippen molar-refractivity contribution in [1.29, 1.82) is 0 Å². The van der Waals surface area contributed by atoms with Gasteiger partial charge in [0.2, 0.25) is 0 Å². The number of aromatic nitrogens is 1. The Morgan fingerprint density at radius 3 is 2.42 bits per heavy atom. The normalized spacial score (nSPS) is 17.7. The van der Waals surface area contributed by atoms with Crippen LogP contribution in [0, 0.1) is 12.7 Å². The lowest BCUT2D eigenvalue weighted by atomic mass is 9.84. The van der Waals surface area contributed by atoms with E-state index in [9.17, 15) is 9.50 Å². The molecule has 2 heterocycles. The summed E-state index contributed by atoms with van der Waals surface area (Å²) >= 11 is 0. The molecule has 0 unspecified atom stereocenters. The molecule has 1 aromatic heterocycles. The quantitative estimate of drug-likeness (QED) is 0.768. The summed E-state index contributed by atoms with van der Waals surface area (Å²) in [6.07, 6.45) is 1.11. The Hall–Kier alpha value is -2.17. The molecule has 2 aromatic carbocycles. The zero-order chi connectivity index (χ0) is 18.3. The van der Waals surface area contributed by atoms with Gasteiger partial charge in [-0.2, -0.15) is 0 Å². The average molecular weight is 352 g/mol. The molecule has 0 amide bonds. The first-order valence-electron chi connectivity index (χ1n) is 9.22. The van der Waals surface area contributed by atoms with Gasteiger partial charge in [0.15, 0.2) is 0 Å². The Morgan fingerprint density at radius 2 is 1.69 bits per heavy atom. The molecule has 1 saturated heterocycles. The number of hydrogen-bond acceptors (Lipinski definition) is 2. The monoisotopic (exact) mass is 352 g/mol. The Labute approximate surface area is 153 Å². The fourth-order valence-corrected chi connectivity index (χ4v) is 4.21. The van der Waals surface area contributed by atoms with Crippen molar-refractivity contribution in [2.75, 3.05) is 13.1 Å². The predicted octanol–water partition coefficient (Wildman–Crippen LogP) is 4.11. The molecule has 1 aliphatic heterocycles. The molecule has 1 N–H and O–H groups in total. The van der Waals surface area contributed by atoms with Gasteiger partial charge in [-0.3, -0.25) is 4.90 Å². The van der Waals surface area contributed by atoms with E-state index in [1.165, 1.54) is 28.2 Å². The standard InChI is InChI=1S/C22H25FN2O/c1-16-18(17-7-3-6-10-21(17)24(16)2)15-25-13-11-22(26,12-14-25)19-8-4-5-9-20(19)23/h3-10,26H,11-15H2,1-2H3. The van der Waals surface area contributed by atoms with Crippen LogP contribution in [0.1, 0.15) is 29.7 Å². The summed E-state index contributed by atoms with van der Waals surface area (Å²) in [6.45, 7) is 4.54. The van der Waals surface area contributed by atoms with Gasteiger partial charge in [0, 0.05) is 48.8 Å². The van der Waals surface area contributed by atoms with Gasteiger partial charge in [0.25, 0.3) is 0 Å². The number of para-hydroxylation sites is 1. The molecular formula is C22H25FN2O. The molecular weight excluding hydrogens is 327 g/mol. The minimum Gasteiger partial charge on any atom is -0.385 e. The first-order chi connectivity index (χ1) is 12.5. The fraction of sp³-hybridized carbons (Fsp3) is 0.364. The van der Waals surface area contributed by atoms with Crippen molar-refractivity contribution in [2.45, 2.75) is 31.9 Å². The third kappa shape index (κ3) is 2.83. The summed E-state index contributed by atoms with van der Waals surface area (Å²) in [5.74, 6) is -0.312. The SMILES string of the molecule is Cc1c(CN2CCC(O)(c3ccccc3F)CC2)c2ccccc2n1C. The Morgan fingerprint density at radius 1 is 1.04 bits per heavy atom. The second-order valence-electron chi connectivity index (χ2n) is 7.43. The summed E-state index contributed by atoms with van der Waals surface area (Å²) in [4.78, 5) is 2.37. The number of rotatable bonds is 3. The van der Waals surface area contributed by atoms with Crippen molar-refractivity contribution >= 4 is 10.9 Å². The van der Waals surface area contributed by atoms with Gasteiger partial charge < -0.3 is 9.67 Å². The van der Waals surface area contributed by atoms with E-state index in [1.807, 2.05) is 0 Å². The van der Waals surface area contributed by atoms with E-state index in [4.69, 9.17) is 0 Å². The third-order valence-corrected chi connectivity index (χ3v) is 5.97. The van der Waals surface area contributed by atoms with Gasteiger partial charge in [-0.15, -0.1) is 0 Å². The van der Waals surface area contributed by atoms with Crippen molar-refractivity contribution in [3.63, 3.8) is 0 Å². The number of piperidine rings is 1. The highest BCUT2D eigenvalue weighted by Gasteiger charge is 2.36. The molecule has 0 radical (unpaired) electrons. The average Bonchev–Trinajstić information content (AvgIpc) is 2.89. The molecule has 0 spiro atoms. The largest absolute Gasteiger partial charge is 0.385 e. The van der Waals surface area contributed by atoms with Crippen LogP contribution in [-0.4, -0.2) is 27.7 Å². The second-order valence-corrected chi connectivity index (χ2v) is 7.43. The Bertz CT molecular complexity index is 938. The topological polar surface area (TPSA) is 28.4 Å². The Kier molecular flexibility index (Phi) is 4.33. The minimum absolute atomic E-state index is 0.312. The van der Waals surface area contributed by atoms with Crippen LogP contribution >= 0.6 is 0 Å². The van der Waals surface area contributed by atoms with E-state index in [0.29, 0.717) is 18.4 Å². The van der Waals surface area contributed by atoms with E-state index in [-0.39, 0.29) is 5.82 Å². The molecule has 0 aliphatic carbocycles. The highest BCUT2D eigenvalue weighted by Crippen LogP contribution is 2.35. The van der Waals surface area contributed by atoms with Crippen molar-refractivity contribution < 1.29 is 9.50 Å². The maximum Gasteiger partial charge on any atom is 0.129 e. The zero-order valence-electron chi connectivity index (χ0n) is 15.4. The van der Waals surface area contributed by atoms with E-state index < -0.39 is 5.60 Å². The number of hydrogen-bond donors (Lipinski definition) is 1. The summed E-state index contributed by atoms with van der Waals surface area (Å²) < 4.78 is 16.4. The lowest BCUT2D eigenvalue weighted by molar-refractivity contribution is -0.0302. The van der Waals surface area contributed by atoms with E-state index >= 15 is 0 Å². The molecule has 3 nitrogen and oxygen atoms in total. The van der Waals surface area contributed by atoms with Gasteiger partial charge in [-0.25, -0.2) is 4.39 Å². The van der Waals surface area contributed by atoms with Crippen LogP contribution in [-0.2, 0) is 19.2 Å². The molecule has 0 atom stereocenters. The van der Waals surface area contributed by atoms with Gasteiger partial charge in [0.1, 0.15) is 5.82 Å². The molecule has 4 rings (SSSR count). The lowest BCUT2D eigenvalue weighted by Crippen LogP contribution is -2.42. The molecule has 136 valence electrons. The molecule has 0 saturated carbocycles. The smallest absolute Gasteiger partial charge is 0.129 e. The molecule has 0 bridgehead atoms. The predicted molar refractivity (Wildman–Crippen MR) is 102 cm³/mol. The van der Waals surface area contributed by atoms with Crippen LogP contribution in [0.4, 0.5) is 4.39 Å². The minimum atomic E-state index is -1.06. The molecule has 1 aliphatic rings. The summed E-state index contributed by atoms with van der Waals surface area (Å²) in [5.41, 5.74) is 3.25. The van der Waals surface area contributed by atoms with E-state index in [2.05, 4.69) is 47.7 Å². The van der Waals surface area contributed by atoms with Gasteiger partial charge >= 0.3 is 0 Å². The number of likely N-dealkylation sites (tertiary alicyclic amines) is 1. The number of halogens is 1. The van der Waals surface area contributed by atoms with Crippen molar-refractivity contribution in [2.24, 2.45) is 7.05 Å². The third-order valence-electron chi connectivity index (χ3n) is 5.97. The number of fused-ring (bicyclic) bond motifs is 1. The highest BCUT2D eigenvalue weighted by molar-refractivity contribution is 5.85. The van der Waals surface area contributed by atoms with Crippen LogP contribution < -0.4 is 0 Å². The highest BCUT2D eigenvalue weighted by atomic mass is 19.1. The van der Waals surface area contributed by atoms with Crippen LogP contribution in [0.3, 0.4) is 0 Å². The van der Waals surface area contributed by atoms with Crippen LogP contribution in [0.2, 0.25) is 0 Å². The summed E-state index contributed by atoms with van der Waals surface area (Å²) in [6, 6.07) is 15.1. The maximum absolute atomic E-state index is 14.1. The molecule has 26 heavy (non-hydrogen) atoms. The lowest BCUT2D eigenvalue weighted by Gasteiger charge is -2.38. The maximum atomic E-state index is 14.1. The molecule has 4 heteroatoms. The first-order valence-corrected chi connectivity index (χ1v) is 9.22. The molecule has 3 aromatic rings. The van der Waals surface area contributed by atoms with E-state index in [1.54, 1.807) is 18.2 Å². The van der Waals surface area contributed by atoms with Crippen LogP contribution in [0.25, 0.3) is 10.9 Å². The Balaban J connectivity index is 1.53. The van der Waals surface area contributed by atoms with Gasteiger partial charge in [-0.1, -0.05) is 36.4 Å². The van der Waals surface area contributed by atoms with Crippen molar-refractivity contribution in [3.05, 3.63) is 71.2 Å². The van der Waals surface area contributed by atoms with Crippen molar-refractivity contribution in [3.8, 4) is 0 Å². The molecule has 1 fully saturated rings. The number of nitrogens with zero attached hydrogens (tertiary/aromatic N) is 2. The second kappa shape index (κ2) is 6.53. The number of aryl methyl sites for hydroxylation is 1.